The quantitative estimate of drug-likeness (QED) is 0.0406. The maximum absolute atomic E-state index is 11.0. The molecule has 2 heterocycles. The van der Waals surface area contributed by atoms with Crippen molar-refractivity contribution in [3.05, 3.63) is 136 Å². The van der Waals surface area contributed by atoms with E-state index in [1.165, 1.54) is 6.20 Å². The molecule has 61 heavy (non-hydrogen) atoms. The van der Waals surface area contributed by atoms with Crippen LogP contribution in [-0.2, 0) is 35.9 Å². The Labute approximate surface area is 358 Å². The average Bonchev–Trinajstić information content (AvgIpc) is 3.64. The minimum atomic E-state index is -1.10. The molecule has 0 aliphatic heterocycles. The number of hydrogen-bond acceptors (Lipinski definition) is 10. The van der Waals surface area contributed by atoms with Crippen molar-refractivity contribution < 1.29 is 39.5 Å². The summed E-state index contributed by atoms with van der Waals surface area (Å²) in [6.07, 6.45) is 2.43. The highest BCUT2D eigenvalue weighted by molar-refractivity contribution is 6.32. The molecule has 0 aliphatic rings. The van der Waals surface area contributed by atoms with Crippen LogP contribution in [0.4, 0.5) is 0 Å². The van der Waals surface area contributed by atoms with Gasteiger partial charge in [-0.3, -0.25) is 14.6 Å². The van der Waals surface area contributed by atoms with Crippen LogP contribution >= 0.6 is 11.6 Å². The van der Waals surface area contributed by atoms with E-state index >= 15 is 0 Å². The molecule has 6 aromatic rings. The molecule has 316 valence electrons. The van der Waals surface area contributed by atoms with Crippen molar-refractivity contribution in [3.8, 4) is 39.8 Å². The molecular weight excluding hydrogens is 798 g/mol. The van der Waals surface area contributed by atoms with Crippen molar-refractivity contribution in [3.63, 3.8) is 0 Å². The molecule has 2 atom stereocenters. The van der Waals surface area contributed by atoms with Crippen molar-refractivity contribution >= 4 is 34.4 Å². The van der Waals surface area contributed by atoms with Crippen molar-refractivity contribution in [1.29, 1.82) is 5.26 Å². The van der Waals surface area contributed by atoms with E-state index in [9.17, 15) is 25.1 Å². The second-order valence-electron chi connectivity index (χ2n) is 14.9. The van der Waals surface area contributed by atoms with Gasteiger partial charge in [0.15, 0.2) is 0 Å². The Morgan fingerprint density at radius 2 is 1.49 bits per heavy atom. The van der Waals surface area contributed by atoms with Gasteiger partial charge in [-0.1, -0.05) is 54.1 Å². The summed E-state index contributed by atoms with van der Waals surface area (Å²) in [5, 5.41) is 54.7. The van der Waals surface area contributed by atoms with Gasteiger partial charge in [0.05, 0.1) is 35.6 Å². The molecular formula is C47H48ClN5O8. The van der Waals surface area contributed by atoms with Crippen LogP contribution in [0.5, 0.6) is 11.5 Å². The normalized spacial score (nSPS) is 12.2. The predicted molar refractivity (Wildman–Crippen MR) is 232 cm³/mol. The van der Waals surface area contributed by atoms with E-state index in [0.717, 1.165) is 49.8 Å². The maximum atomic E-state index is 11.0. The Hall–Kier alpha value is -6.27. The highest BCUT2D eigenvalue weighted by Crippen LogP contribution is 2.37. The van der Waals surface area contributed by atoms with Gasteiger partial charge in [0.2, 0.25) is 0 Å². The van der Waals surface area contributed by atoms with E-state index in [4.69, 9.17) is 31.3 Å². The number of aliphatic hydroxyl groups excluding tert-OH is 2. The van der Waals surface area contributed by atoms with E-state index < -0.39 is 30.6 Å². The Morgan fingerprint density at radius 3 is 2.23 bits per heavy atom. The molecule has 2 aromatic heterocycles. The fourth-order valence-electron chi connectivity index (χ4n) is 7.23. The number of fused-ring (bicyclic) bond motifs is 1. The summed E-state index contributed by atoms with van der Waals surface area (Å²) in [5.41, 5.74) is 10.4. The summed E-state index contributed by atoms with van der Waals surface area (Å²) in [7, 11) is 0. The van der Waals surface area contributed by atoms with E-state index in [1.54, 1.807) is 24.4 Å². The van der Waals surface area contributed by atoms with Crippen LogP contribution in [0.2, 0.25) is 5.02 Å². The average molecular weight is 846 g/mol. The third-order valence-corrected chi connectivity index (χ3v) is 10.7. The van der Waals surface area contributed by atoms with Crippen molar-refractivity contribution in [2.24, 2.45) is 0 Å². The first-order valence-corrected chi connectivity index (χ1v) is 20.2. The first-order valence-electron chi connectivity index (χ1n) is 19.8. The molecule has 14 heteroatoms. The molecule has 13 nitrogen and oxygen atoms in total. The molecule has 0 spiro atoms. The zero-order valence-corrected chi connectivity index (χ0v) is 34.7. The Kier molecular flexibility index (Phi) is 15.1. The monoisotopic (exact) mass is 845 g/mol. The summed E-state index contributed by atoms with van der Waals surface area (Å²) >= 11 is 6.78. The summed E-state index contributed by atoms with van der Waals surface area (Å²) < 4.78 is 14.7. The van der Waals surface area contributed by atoms with Gasteiger partial charge in [-0.05, 0) is 83.1 Å². The lowest BCUT2D eigenvalue weighted by Crippen LogP contribution is -2.30. The van der Waals surface area contributed by atoms with Crippen LogP contribution in [0.25, 0.3) is 33.2 Å². The van der Waals surface area contributed by atoms with Gasteiger partial charge in [0.1, 0.15) is 30.8 Å². The number of pyridine rings is 1. The third-order valence-electron chi connectivity index (χ3n) is 10.4. The number of carbonyl (C=O) groups is 2. The second kappa shape index (κ2) is 20.8. The molecule has 0 bridgehead atoms. The second-order valence-corrected chi connectivity index (χ2v) is 15.3. The SMILES string of the molecule is Cc1c(COc2cc(OCc3cncc(C#N)c3)c(CNC[C@@H](O)CC(=O)O)cc2Cl)cccc1-c1cccc(-c2ccc3c(ccn3CCNC[C@@H](O)CC(=O)O)c2)c1C. The van der Waals surface area contributed by atoms with E-state index in [2.05, 4.69) is 88.6 Å². The zero-order chi connectivity index (χ0) is 43.5. The van der Waals surface area contributed by atoms with Gasteiger partial charge < -0.3 is 45.1 Å². The lowest BCUT2D eigenvalue weighted by molar-refractivity contribution is -0.140. The van der Waals surface area contributed by atoms with Gasteiger partial charge >= 0.3 is 11.9 Å². The molecule has 0 fully saturated rings. The minimum absolute atomic E-state index is 0.0453. The summed E-state index contributed by atoms with van der Waals surface area (Å²) in [6, 6.07) is 28.1. The number of rotatable bonds is 21. The van der Waals surface area contributed by atoms with E-state index in [0.29, 0.717) is 46.3 Å². The Bertz CT molecular complexity index is 2550. The van der Waals surface area contributed by atoms with Crippen molar-refractivity contribution in [2.45, 2.75) is 65.2 Å². The largest absolute Gasteiger partial charge is 0.488 e. The highest BCUT2D eigenvalue weighted by atomic mass is 35.5. The topological polar surface area (TPSA) is 199 Å². The van der Waals surface area contributed by atoms with Gasteiger partial charge in [0, 0.05) is 79.4 Å². The summed E-state index contributed by atoms with van der Waals surface area (Å²) in [4.78, 5) is 26.0. The fraction of sp³-hybridized carbons (Fsp3) is 0.277. The lowest BCUT2D eigenvalue weighted by atomic mass is 9.89. The number of halogens is 1. The van der Waals surface area contributed by atoms with Crippen LogP contribution in [0.3, 0.4) is 0 Å². The first-order chi connectivity index (χ1) is 29.4. The van der Waals surface area contributed by atoms with Crippen LogP contribution in [0.1, 0.15) is 46.2 Å². The molecule has 0 amide bonds. The maximum Gasteiger partial charge on any atom is 0.306 e. The molecule has 0 aliphatic carbocycles. The van der Waals surface area contributed by atoms with Crippen LogP contribution in [0.15, 0.2) is 97.5 Å². The number of carboxylic acid groups (broad SMARTS) is 2. The number of benzene rings is 4. The zero-order valence-electron chi connectivity index (χ0n) is 33.9. The van der Waals surface area contributed by atoms with Gasteiger partial charge in [-0.25, -0.2) is 0 Å². The van der Waals surface area contributed by atoms with Crippen molar-refractivity contribution in [2.75, 3.05) is 19.6 Å². The third kappa shape index (κ3) is 11.7. The van der Waals surface area contributed by atoms with Crippen LogP contribution in [0, 0.1) is 25.2 Å². The molecule has 6 rings (SSSR count). The fourth-order valence-corrected chi connectivity index (χ4v) is 7.47. The number of carboxylic acids is 2. The van der Waals surface area contributed by atoms with Crippen LogP contribution < -0.4 is 20.1 Å². The predicted octanol–water partition coefficient (Wildman–Crippen LogP) is 7.02. The molecule has 0 radical (unpaired) electrons. The molecule has 0 unspecified atom stereocenters. The molecule has 0 saturated heterocycles. The van der Waals surface area contributed by atoms with E-state index in [-0.39, 0.29) is 39.3 Å². The first kappa shape index (κ1) is 44.3. The number of ether oxygens (including phenoxy) is 2. The number of hydrogen-bond donors (Lipinski definition) is 6. The summed E-state index contributed by atoms with van der Waals surface area (Å²) in [6.45, 7) is 6.28. The number of nitriles is 1. The van der Waals surface area contributed by atoms with Crippen LogP contribution in [-0.4, -0.2) is 73.8 Å². The molecule has 6 N–H and O–H groups in total. The summed E-state index contributed by atoms with van der Waals surface area (Å²) in [5.74, 6) is -1.27. The van der Waals surface area contributed by atoms with Crippen molar-refractivity contribution in [1.82, 2.24) is 20.2 Å². The number of aromatic nitrogens is 2. The lowest BCUT2D eigenvalue weighted by Gasteiger charge is -2.18. The minimum Gasteiger partial charge on any atom is -0.488 e. The Morgan fingerprint density at radius 1 is 0.803 bits per heavy atom. The number of aliphatic hydroxyl groups is 2. The van der Waals surface area contributed by atoms with Gasteiger partial charge in [-0.2, -0.15) is 5.26 Å². The van der Waals surface area contributed by atoms with Gasteiger partial charge in [0.25, 0.3) is 0 Å². The molecule has 4 aromatic carbocycles. The Balaban J connectivity index is 1.18. The number of aliphatic carboxylic acids is 2. The number of nitrogens with one attached hydrogen (secondary N) is 2. The number of nitrogens with zero attached hydrogens (tertiary/aromatic N) is 3. The van der Waals surface area contributed by atoms with E-state index in [1.807, 2.05) is 18.3 Å². The highest BCUT2D eigenvalue weighted by Gasteiger charge is 2.17. The smallest absolute Gasteiger partial charge is 0.306 e. The standard InChI is InChI=1S/C47H48ClN5O8/c1-29-35(28-61-45-20-44(60-27-32-15-31(21-49)22-51-23-32)36(17-42(45)48)24-52-26-38(55)19-47(58)59)5-3-7-40(29)41-8-4-6-39(30(41)2)33-9-10-43-34(16-33)11-13-53(43)14-12-50-25-37(54)18-46(56)57/h3-11,13,15-17,20,22-23,37-38,50,52,54-55H,12,14,18-19,24-28H2,1-2H3,(H,56,57)(H,58,59)/t37-,38-/m0/s1. The van der Waals surface area contributed by atoms with Gasteiger partial charge in [-0.15, -0.1) is 0 Å². The molecule has 0 saturated carbocycles.